The third-order valence-electron chi connectivity index (χ3n) is 2.29. The summed E-state index contributed by atoms with van der Waals surface area (Å²) in [6.45, 7) is 6.84. The molecule has 1 aliphatic rings. The van der Waals surface area contributed by atoms with Gasteiger partial charge in [0.2, 0.25) is 0 Å². The van der Waals surface area contributed by atoms with Gasteiger partial charge in [-0.1, -0.05) is 20.8 Å². The number of ketones is 1. The minimum atomic E-state index is -0.217. The van der Waals surface area contributed by atoms with Crippen LogP contribution in [0.4, 0.5) is 0 Å². The van der Waals surface area contributed by atoms with Crippen molar-refractivity contribution in [2.45, 2.75) is 33.2 Å². The number of hydrogen-bond donors (Lipinski definition) is 1. The fraction of sp³-hybridized carbons (Fsp3) is 0.889. The van der Waals surface area contributed by atoms with Crippen LogP contribution < -0.4 is 5.43 Å². The molecule has 3 nitrogen and oxygen atoms in total. The van der Waals surface area contributed by atoms with E-state index in [4.69, 9.17) is 0 Å². The number of carbonyl (C=O) groups is 1. The van der Waals surface area contributed by atoms with Gasteiger partial charge in [0.05, 0.1) is 6.04 Å². The monoisotopic (exact) mass is 170 g/mol. The average Bonchev–Trinajstić information content (AvgIpc) is 2.31. The van der Waals surface area contributed by atoms with Crippen LogP contribution >= 0.6 is 0 Å². The SMILES string of the molecule is CN1NCCC1C(=O)C(C)(C)C. The molecule has 1 heterocycles. The van der Waals surface area contributed by atoms with E-state index < -0.39 is 0 Å². The molecule has 1 rings (SSSR count). The first-order chi connectivity index (χ1) is 5.43. The van der Waals surface area contributed by atoms with Crippen molar-refractivity contribution in [3.8, 4) is 0 Å². The second-order valence-corrected chi connectivity index (χ2v) is 4.44. The Bertz CT molecular complexity index is 183. The molecule has 1 atom stereocenters. The number of hydrogen-bond acceptors (Lipinski definition) is 3. The van der Waals surface area contributed by atoms with Gasteiger partial charge in [0.15, 0.2) is 5.78 Å². The van der Waals surface area contributed by atoms with Crippen molar-refractivity contribution in [3.63, 3.8) is 0 Å². The second-order valence-electron chi connectivity index (χ2n) is 4.44. The normalized spacial score (nSPS) is 26.2. The molecule has 0 spiro atoms. The Morgan fingerprint density at radius 2 is 2.08 bits per heavy atom. The lowest BCUT2D eigenvalue weighted by Gasteiger charge is -2.25. The van der Waals surface area contributed by atoms with Gasteiger partial charge in [0.1, 0.15) is 0 Å². The molecule has 0 aromatic rings. The highest BCUT2D eigenvalue weighted by Gasteiger charge is 2.34. The van der Waals surface area contributed by atoms with Crippen LogP contribution in [-0.2, 0) is 4.79 Å². The van der Waals surface area contributed by atoms with Crippen molar-refractivity contribution in [1.29, 1.82) is 0 Å². The fourth-order valence-corrected chi connectivity index (χ4v) is 1.49. The number of nitrogens with zero attached hydrogens (tertiary/aromatic N) is 1. The topological polar surface area (TPSA) is 32.3 Å². The molecule has 0 aromatic heterocycles. The summed E-state index contributed by atoms with van der Waals surface area (Å²) in [6, 6.07) is 0.0741. The van der Waals surface area contributed by atoms with E-state index in [-0.39, 0.29) is 11.5 Å². The van der Waals surface area contributed by atoms with Crippen LogP contribution in [0.2, 0.25) is 0 Å². The Hall–Kier alpha value is -0.410. The maximum absolute atomic E-state index is 11.8. The van der Waals surface area contributed by atoms with E-state index in [1.54, 1.807) is 0 Å². The van der Waals surface area contributed by atoms with Crippen LogP contribution in [0.3, 0.4) is 0 Å². The van der Waals surface area contributed by atoms with Crippen molar-refractivity contribution in [1.82, 2.24) is 10.4 Å². The molecule has 0 saturated carbocycles. The summed E-state index contributed by atoms with van der Waals surface area (Å²) in [5.74, 6) is 0.329. The van der Waals surface area contributed by atoms with Crippen LogP contribution in [0, 0.1) is 5.41 Å². The van der Waals surface area contributed by atoms with Crippen molar-refractivity contribution in [2.75, 3.05) is 13.6 Å². The first kappa shape index (κ1) is 9.68. The highest BCUT2D eigenvalue weighted by molar-refractivity contribution is 5.88. The lowest BCUT2D eigenvalue weighted by Crippen LogP contribution is -2.43. The molecular weight excluding hydrogens is 152 g/mol. The lowest BCUT2D eigenvalue weighted by atomic mass is 9.86. The number of rotatable bonds is 1. The fourth-order valence-electron chi connectivity index (χ4n) is 1.49. The zero-order valence-electron chi connectivity index (χ0n) is 8.35. The lowest BCUT2D eigenvalue weighted by molar-refractivity contribution is -0.131. The summed E-state index contributed by atoms with van der Waals surface area (Å²) < 4.78 is 0. The van der Waals surface area contributed by atoms with E-state index in [0.717, 1.165) is 13.0 Å². The van der Waals surface area contributed by atoms with Crippen LogP contribution in [0.1, 0.15) is 27.2 Å². The Labute approximate surface area is 74.1 Å². The van der Waals surface area contributed by atoms with Gasteiger partial charge in [-0.15, -0.1) is 0 Å². The van der Waals surface area contributed by atoms with Gasteiger partial charge in [-0.3, -0.25) is 10.2 Å². The van der Waals surface area contributed by atoms with Gasteiger partial charge < -0.3 is 0 Å². The molecule has 0 aliphatic carbocycles. The first-order valence-electron chi connectivity index (χ1n) is 4.43. The predicted molar refractivity (Wildman–Crippen MR) is 48.6 cm³/mol. The van der Waals surface area contributed by atoms with E-state index >= 15 is 0 Å². The second kappa shape index (κ2) is 3.15. The van der Waals surface area contributed by atoms with E-state index in [2.05, 4.69) is 5.43 Å². The molecule has 12 heavy (non-hydrogen) atoms. The zero-order valence-corrected chi connectivity index (χ0v) is 8.35. The van der Waals surface area contributed by atoms with Crippen molar-refractivity contribution in [3.05, 3.63) is 0 Å². The van der Waals surface area contributed by atoms with Crippen LogP contribution in [0.25, 0.3) is 0 Å². The maximum Gasteiger partial charge on any atom is 0.156 e. The third kappa shape index (κ3) is 1.84. The highest BCUT2D eigenvalue weighted by Crippen LogP contribution is 2.21. The van der Waals surface area contributed by atoms with Gasteiger partial charge in [-0.05, 0) is 6.42 Å². The number of hydrazine groups is 1. The molecule has 1 saturated heterocycles. The van der Waals surface area contributed by atoms with Crippen molar-refractivity contribution < 1.29 is 4.79 Å². The standard InChI is InChI=1S/C9H18N2O/c1-9(2,3)8(12)7-5-6-10-11(7)4/h7,10H,5-6H2,1-4H3. The summed E-state index contributed by atoms with van der Waals surface area (Å²) in [4.78, 5) is 11.8. The number of Topliss-reactive ketones (excluding diaryl/α,β-unsaturated/α-hetero) is 1. The van der Waals surface area contributed by atoms with Gasteiger partial charge in [-0.2, -0.15) is 0 Å². The summed E-state index contributed by atoms with van der Waals surface area (Å²) in [7, 11) is 1.93. The zero-order chi connectivity index (χ0) is 9.35. The number of nitrogens with one attached hydrogen (secondary N) is 1. The van der Waals surface area contributed by atoms with Gasteiger partial charge in [0.25, 0.3) is 0 Å². The molecule has 0 aromatic carbocycles. The molecule has 70 valence electrons. The van der Waals surface area contributed by atoms with Crippen molar-refractivity contribution >= 4 is 5.78 Å². The highest BCUT2D eigenvalue weighted by atomic mass is 16.1. The molecule has 0 radical (unpaired) electrons. The Kier molecular flexibility index (Phi) is 2.54. The van der Waals surface area contributed by atoms with E-state index in [9.17, 15) is 4.79 Å². The van der Waals surface area contributed by atoms with E-state index in [0.29, 0.717) is 5.78 Å². The number of carbonyl (C=O) groups excluding carboxylic acids is 1. The summed E-state index contributed by atoms with van der Waals surface area (Å²) in [5, 5.41) is 1.92. The minimum Gasteiger partial charge on any atom is -0.297 e. The van der Waals surface area contributed by atoms with Crippen LogP contribution in [0.15, 0.2) is 0 Å². The third-order valence-corrected chi connectivity index (χ3v) is 2.29. The van der Waals surface area contributed by atoms with E-state index in [1.165, 1.54) is 0 Å². The van der Waals surface area contributed by atoms with Gasteiger partial charge in [-0.25, -0.2) is 5.01 Å². The number of likely N-dealkylation sites (N-methyl/N-ethyl adjacent to an activating group) is 1. The molecule has 1 aliphatic heterocycles. The smallest absolute Gasteiger partial charge is 0.156 e. The Morgan fingerprint density at radius 3 is 2.42 bits per heavy atom. The van der Waals surface area contributed by atoms with Crippen LogP contribution in [0.5, 0.6) is 0 Å². The molecule has 1 unspecified atom stereocenters. The summed E-state index contributed by atoms with van der Waals surface area (Å²) >= 11 is 0. The maximum atomic E-state index is 11.8. The first-order valence-corrected chi connectivity index (χ1v) is 4.43. The molecule has 0 bridgehead atoms. The molecular formula is C9H18N2O. The largest absolute Gasteiger partial charge is 0.297 e. The minimum absolute atomic E-state index is 0.0741. The van der Waals surface area contributed by atoms with E-state index in [1.807, 2.05) is 32.8 Å². The molecule has 1 N–H and O–H groups in total. The summed E-state index contributed by atoms with van der Waals surface area (Å²) in [6.07, 6.45) is 0.937. The molecule has 1 fully saturated rings. The van der Waals surface area contributed by atoms with Gasteiger partial charge in [0, 0.05) is 19.0 Å². The quantitative estimate of drug-likeness (QED) is 0.632. The van der Waals surface area contributed by atoms with Gasteiger partial charge >= 0.3 is 0 Å². The predicted octanol–water partition coefficient (Wildman–Crippen LogP) is 0.810. The Balaban J connectivity index is 2.64. The molecule has 3 heteroatoms. The Morgan fingerprint density at radius 1 is 1.50 bits per heavy atom. The van der Waals surface area contributed by atoms with Crippen molar-refractivity contribution in [2.24, 2.45) is 5.41 Å². The summed E-state index contributed by atoms with van der Waals surface area (Å²) in [5.41, 5.74) is 2.92. The molecule has 0 amide bonds. The van der Waals surface area contributed by atoms with Crippen LogP contribution in [-0.4, -0.2) is 30.4 Å². The average molecular weight is 170 g/mol.